The van der Waals surface area contributed by atoms with Crippen molar-refractivity contribution in [3.63, 3.8) is 0 Å². The van der Waals surface area contributed by atoms with Crippen LogP contribution in [0, 0.1) is 5.92 Å². The van der Waals surface area contributed by atoms with Gasteiger partial charge in [-0.2, -0.15) is 0 Å². The van der Waals surface area contributed by atoms with Gasteiger partial charge in [0.2, 0.25) is 0 Å². The molecule has 1 fully saturated rings. The summed E-state index contributed by atoms with van der Waals surface area (Å²) in [5.74, 6) is 0.407. The first kappa shape index (κ1) is 22.1. The minimum Gasteiger partial charge on any atom is -0.378 e. The number of carbonyl (C=O) groups excluding carboxylic acids is 2. The number of hydrogen-bond acceptors (Lipinski definition) is 4. The summed E-state index contributed by atoms with van der Waals surface area (Å²) in [7, 11) is 0. The largest absolute Gasteiger partial charge is 0.378 e. The highest BCUT2D eigenvalue weighted by Gasteiger charge is 2.26. The second-order valence-corrected chi connectivity index (χ2v) is 9.43. The van der Waals surface area contributed by atoms with Gasteiger partial charge in [0.25, 0.3) is 11.8 Å². The highest BCUT2D eigenvalue weighted by molar-refractivity contribution is 6.04. The molecule has 3 atom stereocenters. The van der Waals surface area contributed by atoms with E-state index in [0.29, 0.717) is 11.5 Å². The second-order valence-electron chi connectivity index (χ2n) is 9.43. The number of amides is 2. The zero-order valence-electron chi connectivity index (χ0n) is 19.4. The van der Waals surface area contributed by atoms with Crippen LogP contribution < -0.4 is 16.0 Å². The molecule has 3 unspecified atom stereocenters. The lowest BCUT2D eigenvalue weighted by atomic mass is 9.86. The molecule has 2 aromatic carbocycles. The van der Waals surface area contributed by atoms with Crippen LogP contribution in [0.25, 0.3) is 0 Å². The van der Waals surface area contributed by atoms with E-state index in [2.05, 4.69) is 27.9 Å². The average molecular weight is 455 g/mol. The van der Waals surface area contributed by atoms with Gasteiger partial charge in [0.05, 0.1) is 6.04 Å². The van der Waals surface area contributed by atoms with Crippen LogP contribution in [0.3, 0.4) is 0 Å². The van der Waals surface area contributed by atoms with Gasteiger partial charge in [-0.25, -0.2) is 0 Å². The summed E-state index contributed by atoms with van der Waals surface area (Å²) in [6, 6.07) is 17.6. The van der Waals surface area contributed by atoms with Crippen LogP contribution in [0.2, 0.25) is 0 Å². The molecule has 34 heavy (non-hydrogen) atoms. The van der Waals surface area contributed by atoms with Crippen molar-refractivity contribution in [3.05, 3.63) is 89.2 Å². The summed E-state index contributed by atoms with van der Waals surface area (Å²) in [4.78, 5) is 29.2. The number of nitrogens with zero attached hydrogens (tertiary/aromatic N) is 1. The number of nitrogens with one attached hydrogen (secondary N) is 3. The minimum absolute atomic E-state index is 0.0271. The van der Waals surface area contributed by atoms with Crippen molar-refractivity contribution < 1.29 is 9.59 Å². The van der Waals surface area contributed by atoms with Crippen molar-refractivity contribution in [3.8, 4) is 0 Å². The molecule has 2 heterocycles. The Morgan fingerprint density at radius 3 is 2.44 bits per heavy atom. The molecule has 6 nitrogen and oxygen atoms in total. The Bertz CT molecular complexity index is 1180. The molecule has 1 aliphatic carbocycles. The summed E-state index contributed by atoms with van der Waals surface area (Å²) in [6.07, 6.45) is 8.74. The summed E-state index contributed by atoms with van der Waals surface area (Å²) < 4.78 is 0. The van der Waals surface area contributed by atoms with Crippen molar-refractivity contribution in [1.29, 1.82) is 0 Å². The van der Waals surface area contributed by atoms with Gasteiger partial charge in [-0.3, -0.25) is 14.6 Å². The maximum Gasteiger partial charge on any atom is 0.255 e. The predicted molar refractivity (Wildman–Crippen MR) is 134 cm³/mol. The normalized spacial score (nSPS) is 21.3. The molecule has 1 aromatic heterocycles. The van der Waals surface area contributed by atoms with E-state index < -0.39 is 0 Å². The topological polar surface area (TPSA) is 83.1 Å². The summed E-state index contributed by atoms with van der Waals surface area (Å²) in [5.41, 5.74) is 5.42. The molecule has 2 aliphatic rings. The maximum atomic E-state index is 12.9. The Balaban J connectivity index is 1.22. The van der Waals surface area contributed by atoms with E-state index in [1.165, 1.54) is 19.3 Å². The van der Waals surface area contributed by atoms with Gasteiger partial charge in [0.15, 0.2) is 0 Å². The number of anilines is 2. The molecule has 0 saturated heterocycles. The first-order chi connectivity index (χ1) is 16.6. The van der Waals surface area contributed by atoms with Crippen LogP contribution in [0.1, 0.15) is 70.5 Å². The van der Waals surface area contributed by atoms with Crippen LogP contribution in [0.5, 0.6) is 0 Å². The van der Waals surface area contributed by atoms with Crippen molar-refractivity contribution >= 4 is 23.2 Å². The van der Waals surface area contributed by atoms with Gasteiger partial charge in [-0.1, -0.05) is 31.9 Å². The van der Waals surface area contributed by atoms with E-state index in [-0.39, 0.29) is 23.9 Å². The molecule has 0 bridgehead atoms. The molecular weight excluding hydrogens is 424 g/mol. The molecule has 0 spiro atoms. The van der Waals surface area contributed by atoms with Gasteiger partial charge in [0, 0.05) is 40.9 Å². The Morgan fingerprint density at radius 1 is 0.912 bits per heavy atom. The SMILES string of the molecule is CC1CCCCC1NC(=O)c1ccc2c(c1)CC(c1ccc(NC(=O)c3ccncc3)cc1)N2. The fourth-order valence-electron chi connectivity index (χ4n) is 4.99. The van der Waals surface area contributed by atoms with Crippen LogP contribution >= 0.6 is 0 Å². The maximum absolute atomic E-state index is 12.9. The highest BCUT2D eigenvalue weighted by atomic mass is 16.2. The third kappa shape index (κ3) is 4.81. The molecule has 0 radical (unpaired) electrons. The van der Waals surface area contributed by atoms with Gasteiger partial charge < -0.3 is 16.0 Å². The zero-order chi connectivity index (χ0) is 23.5. The lowest BCUT2D eigenvalue weighted by molar-refractivity contribution is 0.0909. The predicted octanol–water partition coefficient (Wildman–Crippen LogP) is 5.35. The zero-order valence-corrected chi connectivity index (χ0v) is 19.4. The van der Waals surface area contributed by atoms with Gasteiger partial charge >= 0.3 is 0 Å². The van der Waals surface area contributed by atoms with E-state index >= 15 is 0 Å². The monoisotopic (exact) mass is 454 g/mol. The molecule has 5 rings (SSSR count). The van der Waals surface area contributed by atoms with E-state index in [1.54, 1.807) is 24.5 Å². The Morgan fingerprint density at radius 2 is 1.68 bits per heavy atom. The van der Waals surface area contributed by atoms with E-state index in [1.807, 2.05) is 42.5 Å². The molecule has 3 aromatic rings. The van der Waals surface area contributed by atoms with Gasteiger partial charge in [-0.05, 0) is 78.8 Å². The van der Waals surface area contributed by atoms with Crippen molar-refractivity contribution in [2.45, 2.75) is 51.1 Å². The second kappa shape index (κ2) is 9.67. The number of hydrogen-bond donors (Lipinski definition) is 3. The molecule has 2 amide bonds. The lowest BCUT2D eigenvalue weighted by Crippen LogP contribution is -2.41. The molecule has 3 N–H and O–H groups in total. The van der Waals surface area contributed by atoms with E-state index in [0.717, 1.165) is 40.9 Å². The number of carbonyl (C=O) groups is 2. The lowest BCUT2D eigenvalue weighted by Gasteiger charge is -2.29. The quantitative estimate of drug-likeness (QED) is 0.485. The van der Waals surface area contributed by atoms with E-state index in [9.17, 15) is 9.59 Å². The third-order valence-electron chi connectivity index (χ3n) is 7.06. The third-order valence-corrected chi connectivity index (χ3v) is 7.06. The Labute approximate surface area is 200 Å². The average Bonchev–Trinajstić information content (AvgIpc) is 3.30. The highest BCUT2D eigenvalue weighted by Crippen LogP contribution is 2.35. The molecule has 1 saturated carbocycles. The first-order valence-corrected chi connectivity index (χ1v) is 12.1. The number of fused-ring (bicyclic) bond motifs is 1. The van der Waals surface area contributed by atoms with Crippen LogP contribution in [0.15, 0.2) is 67.0 Å². The van der Waals surface area contributed by atoms with Crippen molar-refractivity contribution in [1.82, 2.24) is 10.3 Å². The Kier molecular flexibility index (Phi) is 6.30. The number of aromatic nitrogens is 1. The summed E-state index contributed by atoms with van der Waals surface area (Å²) >= 11 is 0. The molecule has 6 heteroatoms. The molecular formula is C28H30N4O2. The summed E-state index contributed by atoms with van der Waals surface area (Å²) in [5, 5.41) is 9.74. The van der Waals surface area contributed by atoms with Crippen LogP contribution in [-0.2, 0) is 6.42 Å². The molecule has 174 valence electrons. The van der Waals surface area contributed by atoms with Crippen LogP contribution in [0.4, 0.5) is 11.4 Å². The fraction of sp³-hybridized carbons (Fsp3) is 0.321. The van der Waals surface area contributed by atoms with Crippen molar-refractivity contribution in [2.24, 2.45) is 5.92 Å². The van der Waals surface area contributed by atoms with Gasteiger partial charge in [-0.15, -0.1) is 0 Å². The summed E-state index contributed by atoms with van der Waals surface area (Å²) in [6.45, 7) is 2.23. The number of benzene rings is 2. The minimum atomic E-state index is -0.157. The van der Waals surface area contributed by atoms with Crippen LogP contribution in [-0.4, -0.2) is 22.8 Å². The molecule has 1 aliphatic heterocycles. The smallest absolute Gasteiger partial charge is 0.255 e. The van der Waals surface area contributed by atoms with Crippen molar-refractivity contribution in [2.75, 3.05) is 10.6 Å². The fourth-order valence-corrected chi connectivity index (χ4v) is 4.99. The van der Waals surface area contributed by atoms with Gasteiger partial charge in [0.1, 0.15) is 0 Å². The number of rotatable bonds is 5. The Hall–Kier alpha value is -3.67. The number of pyridine rings is 1. The standard InChI is InChI=1S/C28H30N4O2/c1-18-4-2-3-5-24(18)32-28(34)21-8-11-25-22(16-21)17-26(31-25)19-6-9-23(10-7-19)30-27(33)20-12-14-29-15-13-20/h6-16,18,24,26,31H,2-5,17H2,1H3,(H,30,33)(H,32,34). The first-order valence-electron chi connectivity index (χ1n) is 12.1. The van der Waals surface area contributed by atoms with E-state index in [4.69, 9.17) is 0 Å².